The molecule has 1 atom stereocenters. The smallest absolute Gasteiger partial charge is 0.227 e. The van der Waals surface area contributed by atoms with E-state index in [0.29, 0.717) is 6.04 Å². The van der Waals surface area contributed by atoms with E-state index in [1.807, 2.05) is 43.5 Å². The van der Waals surface area contributed by atoms with Crippen molar-refractivity contribution in [3.05, 3.63) is 30.9 Å². The number of hydrogen-bond acceptors (Lipinski definition) is 7. The van der Waals surface area contributed by atoms with E-state index in [1.54, 1.807) is 6.33 Å². The van der Waals surface area contributed by atoms with Crippen LogP contribution in [0.2, 0.25) is 0 Å². The van der Waals surface area contributed by atoms with Crippen LogP contribution < -0.4 is 14.7 Å². The number of nitrogens with one attached hydrogen (secondary N) is 1. The van der Waals surface area contributed by atoms with Crippen molar-refractivity contribution < 1.29 is 0 Å². The van der Waals surface area contributed by atoms with Crippen molar-refractivity contribution in [2.45, 2.75) is 12.5 Å². The van der Waals surface area contributed by atoms with Crippen LogP contribution in [0.5, 0.6) is 0 Å². The molecule has 3 aromatic rings. The first-order chi connectivity index (χ1) is 12.1. The fourth-order valence-electron chi connectivity index (χ4n) is 3.28. The van der Waals surface area contributed by atoms with Crippen molar-refractivity contribution in [2.24, 2.45) is 0 Å². The highest BCUT2D eigenvalue weighted by atomic mass is 15.3. The van der Waals surface area contributed by atoms with E-state index in [4.69, 9.17) is 0 Å². The molecule has 0 amide bonds. The molecule has 3 aromatic heterocycles. The summed E-state index contributed by atoms with van der Waals surface area (Å²) in [4.78, 5) is 27.5. The van der Waals surface area contributed by atoms with Crippen LogP contribution in [0, 0.1) is 0 Å². The summed E-state index contributed by atoms with van der Waals surface area (Å²) in [6.07, 6.45) is 6.38. The van der Waals surface area contributed by atoms with Crippen molar-refractivity contribution in [3.8, 4) is 0 Å². The van der Waals surface area contributed by atoms with Crippen LogP contribution in [0.25, 0.3) is 11.0 Å². The molecule has 1 N–H and O–H groups in total. The Balaban J connectivity index is 1.54. The molecule has 1 aliphatic rings. The SMILES string of the molecule is CN(C)c1ccnc(N(C)C2CCN(c3ncnc4[nH]ccc34)C2)n1. The predicted molar refractivity (Wildman–Crippen MR) is 99.3 cm³/mol. The van der Waals surface area contributed by atoms with Gasteiger partial charge in [-0.05, 0) is 18.6 Å². The largest absolute Gasteiger partial charge is 0.363 e. The minimum atomic E-state index is 0.348. The van der Waals surface area contributed by atoms with E-state index in [2.05, 4.69) is 41.8 Å². The van der Waals surface area contributed by atoms with Gasteiger partial charge in [-0.3, -0.25) is 0 Å². The molecule has 4 rings (SSSR count). The number of aromatic amines is 1. The summed E-state index contributed by atoms with van der Waals surface area (Å²) >= 11 is 0. The highest BCUT2D eigenvalue weighted by Gasteiger charge is 2.29. The maximum Gasteiger partial charge on any atom is 0.227 e. The zero-order valence-corrected chi connectivity index (χ0v) is 14.7. The van der Waals surface area contributed by atoms with Gasteiger partial charge in [0, 0.05) is 46.6 Å². The Bertz CT molecular complexity index is 874. The summed E-state index contributed by atoms with van der Waals surface area (Å²) in [5.74, 6) is 2.66. The second kappa shape index (κ2) is 6.19. The molecule has 130 valence electrons. The highest BCUT2D eigenvalue weighted by molar-refractivity contribution is 5.87. The lowest BCUT2D eigenvalue weighted by Gasteiger charge is -2.26. The van der Waals surface area contributed by atoms with Crippen LogP contribution in [-0.4, -0.2) is 65.2 Å². The van der Waals surface area contributed by atoms with Gasteiger partial charge in [0.2, 0.25) is 5.95 Å². The van der Waals surface area contributed by atoms with Gasteiger partial charge >= 0.3 is 0 Å². The molecule has 0 bridgehead atoms. The molecule has 8 heteroatoms. The quantitative estimate of drug-likeness (QED) is 0.773. The first-order valence-electron chi connectivity index (χ1n) is 8.39. The Kier molecular flexibility index (Phi) is 3.87. The van der Waals surface area contributed by atoms with Gasteiger partial charge in [0.25, 0.3) is 0 Å². The fourth-order valence-corrected chi connectivity index (χ4v) is 3.28. The third kappa shape index (κ3) is 2.84. The number of nitrogens with zero attached hydrogens (tertiary/aromatic N) is 7. The number of aromatic nitrogens is 5. The second-order valence-electron chi connectivity index (χ2n) is 6.55. The van der Waals surface area contributed by atoms with Crippen LogP contribution >= 0.6 is 0 Å². The zero-order valence-electron chi connectivity index (χ0n) is 14.7. The summed E-state index contributed by atoms with van der Waals surface area (Å²) in [5.41, 5.74) is 0.879. The molecule has 1 fully saturated rings. The third-order valence-corrected chi connectivity index (χ3v) is 4.75. The minimum absolute atomic E-state index is 0.348. The predicted octanol–water partition coefficient (Wildman–Crippen LogP) is 1.53. The van der Waals surface area contributed by atoms with Crippen molar-refractivity contribution in [3.63, 3.8) is 0 Å². The van der Waals surface area contributed by atoms with Crippen LogP contribution in [-0.2, 0) is 0 Å². The topological polar surface area (TPSA) is 77.1 Å². The molecule has 4 heterocycles. The Hall–Kier alpha value is -2.90. The molecule has 0 spiro atoms. The standard InChI is InChI=1S/C17H22N8/c1-23(2)14-5-8-19-17(22-14)24(3)12-6-9-25(10-12)16-13-4-7-18-15(13)20-11-21-16/h4-5,7-8,11-12H,6,9-10H2,1-3H3,(H,18,20,21). The lowest BCUT2D eigenvalue weighted by molar-refractivity contribution is 0.674. The first-order valence-corrected chi connectivity index (χ1v) is 8.39. The van der Waals surface area contributed by atoms with Crippen LogP contribution in [0.4, 0.5) is 17.6 Å². The maximum absolute atomic E-state index is 4.65. The number of rotatable bonds is 4. The summed E-state index contributed by atoms with van der Waals surface area (Å²) in [7, 11) is 6.04. The van der Waals surface area contributed by atoms with Gasteiger partial charge in [0.05, 0.1) is 11.4 Å². The second-order valence-corrected chi connectivity index (χ2v) is 6.55. The molecule has 0 saturated carbocycles. The molecule has 1 saturated heterocycles. The lowest BCUT2D eigenvalue weighted by atomic mass is 10.2. The highest BCUT2D eigenvalue weighted by Crippen LogP contribution is 2.27. The van der Waals surface area contributed by atoms with Crippen LogP contribution in [0.3, 0.4) is 0 Å². The maximum atomic E-state index is 4.65. The van der Waals surface area contributed by atoms with E-state index in [0.717, 1.165) is 48.1 Å². The Morgan fingerprint density at radius 1 is 1.16 bits per heavy atom. The number of anilines is 3. The van der Waals surface area contributed by atoms with Crippen molar-refractivity contribution in [1.29, 1.82) is 0 Å². The fraction of sp³-hybridized carbons (Fsp3) is 0.412. The first kappa shape index (κ1) is 15.6. The van der Waals surface area contributed by atoms with Gasteiger partial charge < -0.3 is 19.7 Å². The van der Waals surface area contributed by atoms with Gasteiger partial charge in [-0.2, -0.15) is 4.98 Å². The number of likely N-dealkylation sites (N-methyl/N-ethyl adjacent to an activating group) is 1. The van der Waals surface area contributed by atoms with Gasteiger partial charge in [-0.15, -0.1) is 0 Å². The lowest BCUT2D eigenvalue weighted by Crippen LogP contribution is -2.36. The van der Waals surface area contributed by atoms with E-state index in [9.17, 15) is 0 Å². The van der Waals surface area contributed by atoms with E-state index in [1.165, 1.54) is 0 Å². The van der Waals surface area contributed by atoms with E-state index < -0.39 is 0 Å². The van der Waals surface area contributed by atoms with Crippen LogP contribution in [0.1, 0.15) is 6.42 Å². The number of fused-ring (bicyclic) bond motifs is 1. The molecule has 8 nitrogen and oxygen atoms in total. The van der Waals surface area contributed by atoms with E-state index >= 15 is 0 Å². The van der Waals surface area contributed by atoms with Crippen molar-refractivity contribution in [2.75, 3.05) is 48.9 Å². The summed E-state index contributed by atoms with van der Waals surface area (Å²) < 4.78 is 0. The normalized spacial score (nSPS) is 17.2. The van der Waals surface area contributed by atoms with E-state index in [-0.39, 0.29) is 0 Å². The van der Waals surface area contributed by atoms with Gasteiger partial charge in [0.1, 0.15) is 23.6 Å². The van der Waals surface area contributed by atoms with Gasteiger partial charge in [-0.25, -0.2) is 15.0 Å². The molecular formula is C17H22N8. The molecule has 0 aromatic carbocycles. The molecule has 0 radical (unpaired) electrons. The molecule has 25 heavy (non-hydrogen) atoms. The molecule has 1 aliphatic heterocycles. The zero-order chi connectivity index (χ0) is 17.4. The Labute approximate surface area is 146 Å². The summed E-state index contributed by atoms with van der Waals surface area (Å²) in [6.45, 7) is 1.85. The van der Waals surface area contributed by atoms with Crippen molar-refractivity contribution >= 4 is 28.6 Å². The average Bonchev–Trinajstić information content (AvgIpc) is 3.30. The average molecular weight is 338 g/mol. The Morgan fingerprint density at radius 2 is 2.04 bits per heavy atom. The Morgan fingerprint density at radius 3 is 2.88 bits per heavy atom. The van der Waals surface area contributed by atoms with Gasteiger partial charge in [-0.1, -0.05) is 0 Å². The van der Waals surface area contributed by atoms with Crippen molar-refractivity contribution in [1.82, 2.24) is 24.9 Å². The minimum Gasteiger partial charge on any atom is -0.363 e. The third-order valence-electron chi connectivity index (χ3n) is 4.75. The molecular weight excluding hydrogens is 316 g/mol. The summed E-state index contributed by atoms with van der Waals surface area (Å²) in [6, 6.07) is 4.30. The number of hydrogen-bond donors (Lipinski definition) is 1. The number of H-pyrrole nitrogens is 1. The monoisotopic (exact) mass is 338 g/mol. The molecule has 0 aliphatic carbocycles. The summed E-state index contributed by atoms with van der Waals surface area (Å²) in [5, 5.41) is 1.07. The van der Waals surface area contributed by atoms with Crippen LogP contribution in [0.15, 0.2) is 30.9 Å². The van der Waals surface area contributed by atoms with Gasteiger partial charge in [0.15, 0.2) is 0 Å². The molecule has 1 unspecified atom stereocenters.